The minimum Gasteiger partial charge on any atom is -0.467 e. The predicted octanol–water partition coefficient (Wildman–Crippen LogP) is 3.24. The van der Waals surface area contributed by atoms with E-state index in [1.165, 1.54) is 4.88 Å². The van der Waals surface area contributed by atoms with Gasteiger partial charge in [0, 0.05) is 47.7 Å². The SMILES string of the molecule is COc1ncc(CN(C)Cc2cnc(-c3ccccc3)s2)cn1. The Labute approximate surface area is 139 Å². The topological polar surface area (TPSA) is 51.1 Å². The van der Waals surface area contributed by atoms with Gasteiger partial charge in [0.05, 0.1) is 7.11 Å². The van der Waals surface area contributed by atoms with E-state index in [1.807, 2.05) is 24.4 Å². The fraction of sp³-hybridized carbons (Fsp3) is 0.235. The molecule has 118 valence electrons. The molecule has 2 heterocycles. The van der Waals surface area contributed by atoms with Gasteiger partial charge in [0.2, 0.25) is 0 Å². The Morgan fingerprint density at radius 2 is 1.74 bits per heavy atom. The highest BCUT2D eigenvalue weighted by Gasteiger charge is 2.08. The first kappa shape index (κ1) is 15.6. The molecule has 2 aromatic heterocycles. The van der Waals surface area contributed by atoms with E-state index in [0.717, 1.165) is 29.2 Å². The molecule has 0 amide bonds. The average molecular weight is 326 g/mol. The molecule has 3 rings (SSSR count). The fourth-order valence-corrected chi connectivity index (χ4v) is 3.26. The van der Waals surface area contributed by atoms with Crippen LogP contribution >= 0.6 is 11.3 Å². The van der Waals surface area contributed by atoms with Gasteiger partial charge in [-0.2, -0.15) is 0 Å². The summed E-state index contributed by atoms with van der Waals surface area (Å²) < 4.78 is 4.97. The van der Waals surface area contributed by atoms with Crippen LogP contribution < -0.4 is 4.74 Å². The molecule has 0 radical (unpaired) electrons. The van der Waals surface area contributed by atoms with Crippen molar-refractivity contribution >= 4 is 11.3 Å². The lowest BCUT2D eigenvalue weighted by Gasteiger charge is -2.14. The Bertz CT molecular complexity index is 743. The van der Waals surface area contributed by atoms with E-state index in [2.05, 4.69) is 39.0 Å². The molecule has 0 aliphatic rings. The van der Waals surface area contributed by atoms with Gasteiger partial charge >= 0.3 is 6.01 Å². The lowest BCUT2D eigenvalue weighted by atomic mass is 10.2. The van der Waals surface area contributed by atoms with Gasteiger partial charge in [0.1, 0.15) is 5.01 Å². The maximum Gasteiger partial charge on any atom is 0.316 e. The lowest BCUT2D eigenvalue weighted by Crippen LogP contribution is -2.16. The highest BCUT2D eigenvalue weighted by molar-refractivity contribution is 7.15. The molecule has 5 nitrogen and oxygen atoms in total. The summed E-state index contributed by atoms with van der Waals surface area (Å²) in [5, 5.41) is 1.06. The molecule has 0 aliphatic heterocycles. The van der Waals surface area contributed by atoms with E-state index in [9.17, 15) is 0 Å². The Hall–Kier alpha value is -2.31. The minimum atomic E-state index is 0.395. The molecule has 6 heteroatoms. The summed E-state index contributed by atoms with van der Waals surface area (Å²) in [6.07, 6.45) is 5.54. The molecule has 1 aromatic carbocycles. The number of methoxy groups -OCH3 is 1. The summed E-state index contributed by atoms with van der Waals surface area (Å²) in [4.78, 5) is 16.2. The predicted molar refractivity (Wildman–Crippen MR) is 91.3 cm³/mol. The van der Waals surface area contributed by atoms with Gasteiger partial charge in [-0.1, -0.05) is 30.3 Å². The monoisotopic (exact) mass is 326 g/mol. The van der Waals surface area contributed by atoms with Crippen molar-refractivity contribution in [1.29, 1.82) is 0 Å². The number of benzene rings is 1. The molecule has 3 aromatic rings. The maximum absolute atomic E-state index is 4.97. The van der Waals surface area contributed by atoms with E-state index >= 15 is 0 Å². The van der Waals surface area contributed by atoms with Crippen LogP contribution in [0.25, 0.3) is 10.6 Å². The largest absolute Gasteiger partial charge is 0.467 e. The van der Waals surface area contributed by atoms with Crippen LogP contribution in [0.3, 0.4) is 0 Å². The number of hydrogen-bond donors (Lipinski definition) is 0. The van der Waals surface area contributed by atoms with Crippen molar-refractivity contribution in [3.63, 3.8) is 0 Å². The number of rotatable bonds is 6. The molecule has 23 heavy (non-hydrogen) atoms. The second-order valence-electron chi connectivity index (χ2n) is 5.25. The number of aromatic nitrogens is 3. The first-order valence-corrected chi connectivity index (χ1v) is 8.10. The van der Waals surface area contributed by atoms with Crippen LogP contribution in [0.15, 0.2) is 48.9 Å². The van der Waals surface area contributed by atoms with Crippen LogP contribution in [0.2, 0.25) is 0 Å². The van der Waals surface area contributed by atoms with E-state index < -0.39 is 0 Å². The van der Waals surface area contributed by atoms with E-state index in [0.29, 0.717) is 6.01 Å². The van der Waals surface area contributed by atoms with Crippen LogP contribution in [-0.2, 0) is 13.1 Å². The molecule has 0 atom stereocenters. The molecule has 0 unspecified atom stereocenters. The molecule has 0 N–H and O–H groups in total. The zero-order chi connectivity index (χ0) is 16.1. The molecule has 0 saturated carbocycles. The number of nitrogens with zero attached hydrogens (tertiary/aromatic N) is 4. The highest BCUT2D eigenvalue weighted by atomic mass is 32.1. The van der Waals surface area contributed by atoms with Crippen molar-refractivity contribution in [1.82, 2.24) is 19.9 Å². The van der Waals surface area contributed by atoms with Crippen molar-refractivity contribution in [3.05, 3.63) is 59.4 Å². The third-order valence-electron chi connectivity index (χ3n) is 3.32. The van der Waals surface area contributed by atoms with Crippen LogP contribution in [0, 0.1) is 0 Å². The summed E-state index contributed by atoms with van der Waals surface area (Å²) in [6, 6.07) is 10.6. The van der Waals surface area contributed by atoms with Crippen molar-refractivity contribution < 1.29 is 4.74 Å². The Kier molecular flexibility index (Phi) is 4.95. The van der Waals surface area contributed by atoms with Gasteiger partial charge in [-0.3, -0.25) is 4.90 Å². The fourth-order valence-electron chi connectivity index (χ4n) is 2.26. The van der Waals surface area contributed by atoms with Crippen molar-refractivity contribution in [2.75, 3.05) is 14.2 Å². The van der Waals surface area contributed by atoms with Crippen LogP contribution in [0.4, 0.5) is 0 Å². The van der Waals surface area contributed by atoms with Crippen molar-refractivity contribution in [2.45, 2.75) is 13.1 Å². The van der Waals surface area contributed by atoms with Gasteiger partial charge in [-0.05, 0) is 7.05 Å². The van der Waals surface area contributed by atoms with Gasteiger partial charge in [-0.25, -0.2) is 15.0 Å². The van der Waals surface area contributed by atoms with Gasteiger partial charge < -0.3 is 4.74 Å². The van der Waals surface area contributed by atoms with E-state index in [1.54, 1.807) is 30.8 Å². The van der Waals surface area contributed by atoms with Crippen molar-refractivity contribution in [2.24, 2.45) is 0 Å². The second-order valence-corrected chi connectivity index (χ2v) is 6.36. The van der Waals surface area contributed by atoms with Gasteiger partial charge in [0.25, 0.3) is 0 Å². The van der Waals surface area contributed by atoms with Gasteiger partial charge in [-0.15, -0.1) is 11.3 Å². The van der Waals surface area contributed by atoms with Crippen molar-refractivity contribution in [3.8, 4) is 16.6 Å². The summed E-state index contributed by atoms with van der Waals surface area (Å²) in [5.41, 5.74) is 2.22. The zero-order valence-electron chi connectivity index (χ0n) is 13.1. The molecule has 0 fully saturated rings. The smallest absolute Gasteiger partial charge is 0.316 e. The van der Waals surface area contributed by atoms with Crippen LogP contribution in [0.1, 0.15) is 10.4 Å². The summed E-state index contributed by atoms with van der Waals surface area (Å²) in [6.45, 7) is 1.62. The Balaban J connectivity index is 1.61. The summed E-state index contributed by atoms with van der Waals surface area (Å²) >= 11 is 1.73. The number of hydrogen-bond acceptors (Lipinski definition) is 6. The normalized spacial score (nSPS) is 10.9. The Morgan fingerprint density at radius 1 is 1.00 bits per heavy atom. The highest BCUT2D eigenvalue weighted by Crippen LogP contribution is 2.25. The van der Waals surface area contributed by atoms with E-state index in [-0.39, 0.29) is 0 Å². The minimum absolute atomic E-state index is 0.395. The Morgan fingerprint density at radius 3 is 2.43 bits per heavy atom. The standard InChI is InChI=1S/C17H18N4OS/c1-21(11-13-8-19-17(22-2)20-9-13)12-15-10-18-16(23-15)14-6-4-3-5-7-14/h3-10H,11-12H2,1-2H3. The van der Waals surface area contributed by atoms with Crippen LogP contribution in [0.5, 0.6) is 6.01 Å². The zero-order valence-corrected chi connectivity index (χ0v) is 14.0. The third-order valence-corrected chi connectivity index (χ3v) is 4.35. The molecular weight excluding hydrogens is 308 g/mol. The molecule has 0 spiro atoms. The number of thiazole rings is 1. The molecule has 0 bridgehead atoms. The molecular formula is C17H18N4OS. The quantitative estimate of drug-likeness (QED) is 0.696. The molecule has 0 saturated heterocycles. The summed E-state index contributed by atoms with van der Waals surface area (Å²) in [7, 11) is 3.64. The lowest BCUT2D eigenvalue weighted by molar-refractivity contribution is 0.319. The first-order valence-electron chi connectivity index (χ1n) is 7.28. The third kappa shape index (κ3) is 4.12. The van der Waals surface area contributed by atoms with E-state index in [4.69, 9.17) is 4.74 Å². The number of ether oxygens (including phenoxy) is 1. The van der Waals surface area contributed by atoms with Crippen LogP contribution in [-0.4, -0.2) is 34.0 Å². The maximum atomic E-state index is 4.97. The summed E-state index contributed by atoms with van der Waals surface area (Å²) in [5.74, 6) is 0. The first-order chi connectivity index (χ1) is 11.2. The molecule has 0 aliphatic carbocycles. The van der Waals surface area contributed by atoms with Gasteiger partial charge in [0.15, 0.2) is 0 Å². The average Bonchev–Trinajstić information content (AvgIpc) is 3.04. The second kappa shape index (κ2) is 7.30.